The normalized spacial score (nSPS) is 18.2. The standard InChI is InChI=1S/C39H60ClN5O7/c1-11-13-21-29(35(48)51-38(5,6)7)41-34(47)30(42-33(46)28(17-12-2)43-36(49)44-24(3)18-16-19-25(44)4)23-27-26-20-14-15-22-31(26)45(32(27)40)37(50)52-39(8,9)10/h14-15,20,22,24-25,28-30H,11-13,16-19,21,23H2,1-10H3,(H,41,47)(H,42,46)(H,43,49)/t24-,25+,28-,29+,30+/m0/s1. The lowest BCUT2D eigenvalue weighted by Crippen LogP contribution is -2.59. The minimum absolute atomic E-state index is 0.0185. The fraction of sp³-hybridized carbons (Fsp3) is 0.667. The molecule has 13 heteroatoms. The zero-order valence-electron chi connectivity index (χ0n) is 32.7. The zero-order valence-corrected chi connectivity index (χ0v) is 33.4. The average Bonchev–Trinajstić information content (AvgIpc) is 3.31. The number of rotatable bonds is 13. The van der Waals surface area contributed by atoms with Crippen LogP contribution in [0.5, 0.6) is 0 Å². The topological polar surface area (TPSA) is 148 Å². The summed E-state index contributed by atoms with van der Waals surface area (Å²) in [6.45, 7) is 18.4. The van der Waals surface area contributed by atoms with Crippen LogP contribution in [0.1, 0.15) is 126 Å². The summed E-state index contributed by atoms with van der Waals surface area (Å²) in [5.41, 5.74) is -0.693. The quantitative estimate of drug-likeness (QED) is 0.183. The van der Waals surface area contributed by atoms with Gasteiger partial charge in [0.1, 0.15) is 34.5 Å². The summed E-state index contributed by atoms with van der Waals surface area (Å²) in [5, 5.41) is 9.26. The number of urea groups is 1. The van der Waals surface area contributed by atoms with E-state index < -0.39 is 53.2 Å². The number of nitrogens with one attached hydrogen (secondary N) is 3. The Hall–Kier alpha value is -3.80. The predicted octanol–water partition coefficient (Wildman–Crippen LogP) is 7.26. The van der Waals surface area contributed by atoms with Crippen molar-refractivity contribution in [2.75, 3.05) is 0 Å². The maximum atomic E-state index is 14.3. The van der Waals surface area contributed by atoms with Gasteiger partial charge in [-0.3, -0.25) is 9.59 Å². The number of nitrogens with zero attached hydrogens (tertiary/aromatic N) is 2. The molecular weight excluding hydrogens is 686 g/mol. The third-order valence-corrected chi connectivity index (χ3v) is 9.40. The number of fused-ring (bicyclic) bond motifs is 1. The fourth-order valence-corrected chi connectivity index (χ4v) is 6.89. The number of likely N-dealkylation sites (tertiary alicyclic amines) is 1. The molecule has 1 aromatic carbocycles. The summed E-state index contributed by atoms with van der Waals surface area (Å²) in [6, 6.07) is 3.59. The number of hydrogen-bond donors (Lipinski definition) is 3. The number of carbonyl (C=O) groups is 5. The van der Waals surface area contributed by atoms with Crippen LogP contribution in [-0.4, -0.2) is 80.8 Å². The first-order chi connectivity index (χ1) is 24.3. The summed E-state index contributed by atoms with van der Waals surface area (Å²) in [7, 11) is 0. The Kier molecular flexibility index (Phi) is 15.0. The fourth-order valence-electron chi connectivity index (χ4n) is 6.55. The molecule has 0 bridgehead atoms. The zero-order chi connectivity index (χ0) is 39.0. The molecule has 2 heterocycles. The Morgan fingerprint density at radius 2 is 1.38 bits per heavy atom. The number of amides is 4. The predicted molar refractivity (Wildman–Crippen MR) is 203 cm³/mol. The van der Waals surface area contributed by atoms with E-state index in [-0.39, 0.29) is 29.7 Å². The van der Waals surface area contributed by atoms with Crippen molar-refractivity contribution in [3.05, 3.63) is 35.0 Å². The number of piperidine rings is 1. The van der Waals surface area contributed by atoms with Gasteiger partial charge in [0.05, 0.1) is 5.52 Å². The van der Waals surface area contributed by atoms with Crippen LogP contribution in [0.2, 0.25) is 5.15 Å². The lowest BCUT2D eigenvalue weighted by Gasteiger charge is -2.39. The highest BCUT2D eigenvalue weighted by molar-refractivity contribution is 6.33. The molecule has 0 spiro atoms. The summed E-state index contributed by atoms with van der Waals surface area (Å²) in [6.07, 6.45) is 4.63. The molecule has 1 aliphatic heterocycles. The molecule has 0 radical (unpaired) electrons. The van der Waals surface area contributed by atoms with E-state index in [9.17, 15) is 24.0 Å². The second-order valence-corrected chi connectivity index (χ2v) is 16.3. The number of carbonyl (C=O) groups excluding carboxylic acids is 5. The van der Waals surface area contributed by atoms with Gasteiger partial charge in [0, 0.05) is 29.5 Å². The average molecular weight is 746 g/mol. The van der Waals surface area contributed by atoms with Gasteiger partial charge in [-0.2, -0.15) is 0 Å². The smallest absolute Gasteiger partial charge is 0.420 e. The Morgan fingerprint density at radius 3 is 1.96 bits per heavy atom. The molecule has 5 atom stereocenters. The van der Waals surface area contributed by atoms with Gasteiger partial charge in [-0.15, -0.1) is 0 Å². The number of aromatic nitrogens is 1. The maximum absolute atomic E-state index is 14.3. The summed E-state index contributed by atoms with van der Waals surface area (Å²) >= 11 is 6.93. The molecule has 0 aliphatic carbocycles. The van der Waals surface area contributed by atoms with Gasteiger partial charge >= 0.3 is 18.1 Å². The minimum atomic E-state index is -1.25. The monoisotopic (exact) mass is 745 g/mol. The van der Waals surface area contributed by atoms with E-state index in [1.807, 2.05) is 27.7 Å². The first-order valence-electron chi connectivity index (χ1n) is 18.7. The molecule has 4 amide bonds. The molecule has 1 aliphatic rings. The molecular formula is C39H60ClN5O7. The van der Waals surface area contributed by atoms with Crippen LogP contribution in [0.4, 0.5) is 9.59 Å². The van der Waals surface area contributed by atoms with Gasteiger partial charge in [-0.25, -0.2) is 19.0 Å². The molecule has 2 aromatic rings. The maximum Gasteiger partial charge on any atom is 0.420 e. The number of benzene rings is 1. The van der Waals surface area contributed by atoms with Gasteiger partial charge in [-0.1, -0.05) is 62.9 Å². The molecule has 3 N–H and O–H groups in total. The van der Waals surface area contributed by atoms with Crippen molar-refractivity contribution < 1.29 is 33.4 Å². The Bertz CT molecular complexity index is 1570. The third-order valence-electron chi connectivity index (χ3n) is 9.01. The molecule has 0 unspecified atom stereocenters. The van der Waals surface area contributed by atoms with Crippen LogP contribution in [0.15, 0.2) is 24.3 Å². The molecule has 0 saturated carbocycles. The van der Waals surface area contributed by atoms with Crippen LogP contribution in [0.3, 0.4) is 0 Å². The Labute approximate surface area is 314 Å². The van der Waals surface area contributed by atoms with E-state index in [4.69, 9.17) is 21.1 Å². The molecule has 1 saturated heterocycles. The Morgan fingerprint density at radius 1 is 0.808 bits per heavy atom. The molecule has 52 heavy (non-hydrogen) atoms. The third kappa shape index (κ3) is 11.6. The van der Waals surface area contributed by atoms with E-state index in [0.29, 0.717) is 42.1 Å². The van der Waals surface area contributed by atoms with Crippen LogP contribution in [0.25, 0.3) is 10.9 Å². The van der Waals surface area contributed by atoms with Gasteiger partial charge in [0.2, 0.25) is 11.8 Å². The lowest BCUT2D eigenvalue weighted by atomic mass is 9.98. The molecule has 12 nitrogen and oxygen atoms in total. The van der Waals surface area contributed by atoms with Crippen molar-refractivity contribution >= 4 is 52.4 Å². The number of ether oxygens (including phenoxy) is 2. The van der Waals surface area contributed by atoms with Crippen molar-refractivity contribution in [1.82, 2.24) is 25.4 Å². The van der Waals surface area contributed by atoms with Crippen LogP contribution in [-0.2, 0) is 30.3 Å². The number of hydrogen-bond acceptors (Lipinski definition) is 7. The van der Waals surface area contributed by atoms with Crippen molar-refractivity contribution in [2.24, 2.45) is 0 Å². The molecule has 1 aromatic heterocycles. The largest absolute Gasteiger partial charge is 0.458 e. The van der Waals surface area contributed by atoms with Gasteiger partial charge in [0.15, 0.2) is 0 Å². The highest BCUT2D eigenvalue weighted by atomic mass is 35.5. The molecule has 3 rings (SSSR count). The van der Waals surface area contributed by atoms with E-state index in [2.05, 4.69) is 16.0 Å². The van der Waals surface area contributed by atoms with Crippen LogP contribution in [0, 0.1) is 0 Å². The molecule has 1 fully saturated rings. The van der Waals surface area contributed by atoms with Gasteiger partial charge in [-0.05, 0) is 93.6 Å². The first-order valence-corrected chi connectivity index (χ1v) is 19.1. The van der Waals surface area contributed by atoms with Crippen molar-refractivity contribution in [2.45, 2.75) is 168 Å². The van der Waals surface area contributed by atoms with E-state index in [1.54, 1.807) is 70.7 Å². The number of para-hydroxylation sites is 1. The second-order valence-electron chi connectivity index (χ2n) is 15.9. The molecule has 290 valence electrons. The van der Waals surface area contributed by atoms with E-state index in [0.717, 1.165) is 25.7 Å². The van der Waals surface area contributed by atoms with E-state index >= 15 is 0 Å². The Balaban J connectivity index is 2.04. The van der Waals surface area contributed by atoms with Gasteiger partial charge < -0.3 is 30.3 Å². The first kappa shape index (κ1) is 42.6. The van der Waals surface area contributed by atoms with Crippen LogP contribution >= 0.6 is 11.6 Å². The highest BCUT2D eigenvalue weighted by Crippen LogP contribution is 2.32. The van der Waals surface area contributed by atoms with E-state index in [1.165, 1.54) is 4.57 Å². The van der Waals surface area contributed by atoms with Crippen molar-refractivity contribution in [1.29, 1.82) is 0 Å². The second kappa shape index (κ2) is 18.3. The number of esters is 1. The number of unbranched alkanes of at least 4 members (excludes halogenated alkanes) is 1. The van der Waals surface area contributed by atoms with Crippen molar-refractivity contribution in [3.8, 4) is 0 Å². The highest BCUT2D eigenvalue weighted by Gasteiger charge is 2.35. The van der Waals surface area contributed by atoms with Gasteiger partial charge in [0.25, 0.3) is 0 Å². The summed E-state index contributed by atoms with van der Waals surface area (Å²) in [5.74, 6) is -1.77. The summed E-state index contributed by atoms with van der Waals surface area (Å²) < 4.78 is 12.5. The van der Waals surface area contributed by atoms with Crippen molar-refractivity contribution in [3.63, 3.8) is 0 Å². The number of halogens is 1. The minimum Gasteiger partial charge on any atom is -0.458 e. The summed E-state index contributed by atoms with van der Waals surface area (Å²) in [4.78, 5) is 70.4. The lowest BCUT2D eigenvalue weighted by molar-refractivity contribution is -0.159. The van der Waals surface area contributed by atoms with Crippen LogP contribution < -0.4 is 16.0 Å². The SMILES string of the molecule is CCCC[C@@H](NC(=O)[C@@H](Cc1c(Cl)n(C(=O)OC(C)(C)C)c2ccccc12)NC(=O)[C@H](CCC)NC(=O)N1[C@H](C)CCC[C@@H]1C)C(=O)OC(C)(C)C.